The van der Waals surface area contributed by atoms with Crippen molar-refractivity contribution in [2.45, 2.75) is 70.1 Å². The van der Waals surface area contributed by atoms with E-state index in [4.69, 9.17) is 25.8 Å². The van der Waals surface area contributed by atoms with E-state index in [-0.39, 0.29) is 35.3 Å². The Labute approximate surface area is 333 Å². The summed E-state index contributed by atoms with van der Waals surface area (Å²) in [5.41, 5.74) is 4.29. The molecule has 56 heavy (non-hydrogen) atoms. The molecule has 4 heterocycles. The summed E-state index contributed by atoms with van der Waals surface area (Å²) in [6.07, 6.45) is 11.5. The lowest BCUT2D eigenvalue weighted by molar-refractivity contribution is 0.0131. The Bertz CT molecular complexity index is 2200. The van der Waals surface area contributed by atoms with Crippen LogP contribution in [0.1, 0.15) is 76.6 Å². The molecule has 298 valence electrons. The number of allylic oxidation sites excluding steroid dienone is 1. The predicted octanol–water partition coefficient (Wildman–Crippen LogP) is 6.79. The second kappa shape index (κ2) is 15.5. The SMILES string of the molecule is COC(=O)c1ccn2c1CN(C(=O)NS1(=O)=NC(=O)c3ccc4c(c3)N(C[C@@H]3CC[C@H]3[C@@H](OC)/C=C\C[C@H](C)C1)C[C@@]1(CCCc3cc(Cl)ccc31)CO4)CC2. The van der Waals surface area contributed by atoms with Crippen molar-refractivity contribution in [3.8, 4) is 5.75 Å². The number of rotatable bonds is 3. The van der Waals surface area contributed by atoms with Crippen molar-refractivity contribution in [1.29, 1.82) is 0 Å². The van der Waals surface area contributed by atoms with Crippen molar-refractivity contribution in [2.24, 2.45) is 22.1 Å². The fourth-order valence-electron chi connectivity index (χ4n) is 9.42. The van der Waals surface area contributed by atoms with E-state index in [0.717, 1.165) is 49.4 Å². The van der Waals surface area contributed by atoms with Crippen molar-refractivity contribution < 1.29 is 32.8 Å². The van der Waals surface area contributed by atoms with Gasteiger partial charge >= 0.3 is 12.0 Å². The average Bonchev–Trinajstić information content (AvgIpc) is 3.53. The maximum absolute atomic E-state index is 14.8. The van der Waals surface area contributed by atoms with E-state index in [0.29, 0.717) is 61.5 Å². The van der Waals surface area contributed by atoms with Crippen LogP contribution in [0.15, 0.2) is 65.2 Å². The number of ether oxygens (including phenoxy) is 3. The second-order valence-corrected chi connectivity index (χ2v) is 18.6. The molecule has 3 aromatic rings. The van der Waals surface area contributed by atoms with Crippen molar-refractivity contribution >= 4 is 45.1 Å². The van der Waals surface area contributed by atoms with E-state index in [1.165, 1.54) is 23.1 Å². The predicted molar refractivity (Wildman–Crippen MR) is 215 cm³/mol. The fourth-order valence-corrected chi connectivity index (χ4v) is 11.5. The van der Waals surface area contributed by atoms with Crippen LogP contribution in [0, 0.1) is 17.8 Å². The first-order valence-electron chi connectivity index (χ1n) is 19.6. The van der Waals surface area contributed by atoms with E-state index >= 15 is 0 Å². The van der Waals surface area contributed by atoms with Crippen LogP contribution < -0.4 is 14.4 Å². The zero-order chi connectivity index (χ0) is 39.2. The van der Waals surface area contributed by atoms with Gasteiger partial charge in [-0.25, -0.2) is 13.8 Å². The Hall–Kier alpha value is -4.33. The maximum atomic E-state index is 14.8. The van der Waals surface area contributed by atoms with Gasteiger partial charge in [-0.15, -0.1) is 4.36 Å². The average molecular weight is 804 g/mol. The summed E-state index contributed by atoms with van der Waals surface area (Å²) in [6.45, 7) is 4.74. The molecule has 8 rings (SSSR count). The number of aromatic nitrogens is 1. The number of benzene rings is 2. The van der Waals surface area contributed by atoms with Gasteiger partial charge in [0.1, 0.15) is 15.7 Å². The highest BCUT2D eigenvalue weighted by molar-refractivity contribution is 7.92. The van der Waals surface area contributed by atoms with Crippen LogP contribution >= 0.6 is 11.6 Å². The standard InChI is InChI=1S/C42H50ClN5O7S/c1-27-6-4-8-37(53-2)32-12-9-30(32)22-48-25-42(16-5-7-28-20-31(43)11-13-34(28)42)26-55-38-14-10-29(21-35(38)48)39(49)44-56(52,24-27)45-41(51)47-19-18-46-17-15-33(36(46)23-47)40(50)54-3/h4,8,10-11,13-15,17,20-21,27,30,32,37H,5-7,9,12,16,18-19,22-26H2,1-3H3,(H,44,45,49,51,52)/b8-4-/t27-,30-,32+,37-,42-,56?/m0/s1. The molecule has 3 aliphatic heterocycles. The van der Waals surface area contributed by atoms with Gasteiger partial charge in [-0.3, -0.25) is 9.52 Å². The molecule has 0 radical (unpaired) electrons. The van der Waals surface area contributed by atoms with Gasteiger partial charge < -0.3 is 28.6 Å². The van der Waals surface area contributed by atoms with Gasteiger partial charge in [0.15, 0.2) is 0 Å². The topological polar surface area (TPSA) is 132 Å². The normalized spacial score (nSPS) is 29.3. The molecule has 1 fully saturated rings. The highest BCUT2D eigenvalue weighted by atomic mass is 35.5. The van der Waals surface area contributed by atoms with E-state index < -0.39 is 27.8 Å². The zero-order valence-electron chi connectivity index (χ0n) is 32.2. The molecule has 14 heteroatoms. The number of carbonyl (C=O) groups excluding carboxylic acids is 3. The Balaban J connectivity index is 1.15. The molecular weight excluding hydrogens is 754 g/mol. The van der Waals surface area contributed by atoms with Crippen LogP contribution in [0.3, 0.4) is 0 Å². The lowest BCUT2D eigenvalue weighted by Crippen LogP contribution is -2.49. The summed E-state index contributed by atoms with van der Waals surface area (Å²) in [6, 6.07) is 12.6. The molecular formula is C42H50ClN5O7S. The highest BCUT2D eigenvalue weighted by Gasteiger charge is 2.44. The number of fused-ring (bicyclic) bond motifs is 5. The number of anilines is 1. The van der Waals surface area contributed by atoms with Crippen molar-refractivity contribution in [1.82, 2.24) is 14.2 Å². The quantitative estimate of drug-likeness (QED) is 0.227. The number of amides is 3. The van der Waals surface area contributed by atoms with Gasteiger partial charge in [0, 0.05) is 55.5 Å². The van der Waals surface area contributed by atoms with Gasteiger partial charge in [0.25, 0.3) is 5.91 Å². The molecule has 6 atom stereocenters. The number of nitrogens with zero attached hydrogens (tertiary/aromatic N) is 4. The first-order valence-corrected chi connectivity index (χ1v) is 21.7. The molecule has 2 aliphatic carbocycles. The van der Waals surface area contributed by atoms with Crippen LogP contribution in [-0.4, -0.2) is 83.9 Å². The van der Waals surface area contributed by atoms with Gasteiger partial charge in [0.2, 0.25) is 0 Å². The second-order valence-electron chi connectivity index (χ2n) is 16.2. The number of carbonyl (C=O) groups is 3. The Kier molecular flexibility index (Phi) is 10.7. The molecule has 1 saturated carbocycles. The number of methoxy groups -OCH3 is 2. The molecule has 2 aromatic carbocycles. The number of halogens is 1. The third kappa shape index (κ3) is 7.45. The summed E-state index contributed by atoms with van der Waals surface area (Å²) < 4.78 is 41.4. The minimum absolute atomic E-state index is 0.0394. The van der Waals surface area contributed by atoms with Crippen LogP contribution in [-0.2, 0) is 44.3 Å². The monoisotopic (exact) mass is 803 g/mol. The number of nitrogens with one attached hydrogen (secondary N) is 1. The summed E-state index contributed by atoms with van der Waals surface area (Å²) in [5, 5.41) is 0.729. The van der Waals surface area contributed by atoms with Gasteiger partial charge in [0.05, 0.1) is 49.1 Å². The zero-order valence-corrected chi connectivity index (χ0v) is 33.8. The third-order valence-electron chi connectivity index (χ3n) is 12.5. The van der Waals surface area contributed by atoms with E-state index in [9.17, 15) is 18.6 Å². The maximum Gasteiger partial charge on any atom is 0.339 e. The molecule has 1 aromatic heterocycles. The molecule has 1 unspecified atom stereocenters. The number of aryl methyl sites for hydroxylation is 1. The molecule has 2 bridgehead atoms. The van der Waals surface area contributed by atoms with Gasteiger partial charge in [-0.2, -0.15) is 0 Å². The number of hydrogen-bond donors (Lipinski definition) is 1. The molecule has 1 spiro atoms. The lowest BCUT2D eigenvalue weighted by Gasteiger charge is -2.46. The highest BCUT2D eigenvalue weighted by Crippen LogP contribution is 2.47. The fraction of sp³-hybridized carbons (Fsp3) is 0.500. The van der Waals surface area contributed by atoms with Crippen LogP contribution in [0.2, 0.25) is 5.02 Å². The Morgan fingerprint density at radius 3 is 2.75 bits per heavy atom. The Morgan fingerprint density at radius 2 is 1.96 bits per heavy atom. The first kappa shape index (κ1) is 38.5. The van der Waals surface area contributed by atoms with Crippen LogP contribution in [0.25, 0.3) is 0 Å². The van der Waals surface area contributed by atoms with E-state index in [1.54, 1.807) is 25.4 Å². The summed E-state index contributed by atoms with van der Waals surface area (Å²) in [5.74, 6) is -0.0384. The minimum atomic E-state index is -3.62. The van der Waals surface area contributed by atoms with Crippen molar-refractivity contribution in [2.75, 3.05) is 51.1 Å². The lowest BCUT2D eigenvalue weighted by atomic mass is 9.68. The molecule has 1 N–H and O–H groups in total. The van der Waals surface area contributed by atoms with Crippen molar-refractivity contribution in [3.05, 3.63) is 93.8 Å². The molecule has 3 amide bonds. The van der Waals surface area contributed by atoms with E-state index in [1.807, 2.05) is 29.7 Å². The summed E-state index contributed by atoms with van der Waals surface area (Å²) in [7, 11) is -0.554. The van der Waals surface area contributed by atoms with Crippen LogP contribution in [0.4, 0.5) is 10.5 Å². The van der Waals surface area contributed by atoms with Gasteiger partial charge in [-0.05, 0) is 104 Å². The summed E-state index contributed by atoms with van der Waals surface area (Å²) in [4.78, 5) is 44.3. The Morgan fingerprint density at radius 1 is 1.11 bits per heavy atom. The minimum Gasteiger partial charge on any atom is -0.490 e. The smallest absolute Gasteiger partial charge is 0.339 e. The largest absolute Gasteiger partial charge is 0.490 e. The molecule has 0 saturated heterocycles. The number of hydrogen-bond acceptors (Lipinski definition) is 8. The first-order chi connectivity index (χ1) is 27.0. The van der Waals surface area contributed by atoms with Crippen molar-refractivity contribution in [3.63, 3.8) is 0 Å². The molecule has 12 nitrogen and oxygen atoms in total. The number of urea groups is 1. The third-order valence-corrected chi connectivity index (χ3v) is 14.7. The van der Waals surface area contributed by atoms with Crippen LogP contribution in [0.5, 0.6) is 5.75 Å². The molecule has 5 aliphatic rings. The summed E-state index contributed by atoms with van der Waals surface area (Å²) >= 11 is 6.47. The van der Waals surface area contributed by atoms with E-state index in [2.05, 4.69) is 38.3 Å². The number of esters is 1. The van der Waals surface area contributed by atoms with Gasteiger partial charge in [-0.1, -0.05) is 36.7 Å².